The van der Waals surface area contributed by atoms with Crippen molar-refractivity contribution >= 4 is 40.1 Å². The van der Waals surface area contributed by atoms with Crippen molar-refractivity contribution < 1.29 is 19.5 Å². The molecule has 3 N–H and O–H groups in total. The maximum Gasteiger partial charge on any atom is 0.409 e. The van der Waals surface area contributed by atoms with E-state index >= 15 is 0 Å². The molecule has 3 amide bonds. The fraction of sp³-hybridized carbons (Fsp3) is 0.429. The lowest BCUT2D eigenvalue weighted by atomic mass is 10.1. The van der Waals surface area contributed by atoms with Crippen molar-refractivity contribution in [1.82, 2.24) is 14.8 Å². The summed E-state index contributed by atoms with van der Waals surface area (Å²) in [6.07, 6.45) is 0.753. The van der Waals surface area contributed by atoms with Crippen molar-refractivity contribution in [2.24, 2.45) is 0 Å². The average molecular weight is 448 g/mol. The Kier molecular flexibility index (Phi) is 8.95. The van der Waals surface area contributed by atoms with E-state index in [-0.39, 0.29) is 11.8 Å². The highest BCUT2D eigenvalue weighted by atomic mass is 32.1. The van der Waals surface area contributed by atoms with Crippen molar-refractivity contribution in [3.05, 3.63) is 40.4 Å². The number of carbonyl (C=O) groups excluding carboxylic acids is 2. The summed E-state index contributed by atoms with van der Waals surface area (Å²) in [7, 11) is 5.44. The van der Waals surface area contributed by atoms with Gasteiger partial charge in [0.05, 0.1) is 5.69 Å². The Morgan fingerprint density at radius 3 is 2.32 bits per heavy atom. The second-order valence-corrected chi connectivity index (χ2v) is 8.56. The number of amides is 3. The molecule has 31 heavy (non-hydrogen) atoms. The Morgan fingerprint density at radius 2 is 1.74 bits per heavy atom. The molecule has 0 saturated heterocycles. The standard InChI is InChI=1S/C21H29N5O4S/c1-14(27)22-20-24-17(10-7-15-5-8-16(9-6-15)23-21(29)30)18(31-20)13-26(4)12-11-19(28)25(2)3/h5-6,8-9,23H,7,10-13H2,1-4H3,(H,29,30)(H,22,24,27). The maximum absolute atomic E-state index is 11.8. The van der Waals surface area contributed by atoms with Crippen molar-refractivity contribution in [2.45, 2.75) is 32.7 Å². The molecule has 1 heterocycles. The first kappa shape index (κ1) is 24.3. The first-order valence-electron chi connectivity index (χ1n) is 9.87. The van der Waals surface area contributed by atoms with Gasteiger partial charge in [0.25, 0.3) is 0 Å². The molecule has 0 unspecified atom stereocenters. The van der Waals surface area contributed by atoms with Crippen LogP contribution in [0, 0.1) is 0 Å². The minimum absolute atomic E-state index is 0.0798. The zero-order valence-corrected chi connectivity index (χ0v) is 19.1. The molecule has 9 nitrogen and oxygen atoms in total. The quantitative estimate of drug-likeness (QED) is 0.516. The molecule has 0 saturated carbocycles. The van der Waals surface area contributed by atoms with Crippen LogP contribution >= 0.6 is 11.3 Å². The summed E-state index contributed by atoms with van der Waals surface area (Å²) in [6, 6.07) is 7.21. The van der Waals surface area contributed by atoms with Gasteiger partial charge in [-0.05, 0) is 37.6 Å². The van der Waals surface area contributed by atoms with Crippen LogP contribution in [0.1, 0.15) is 29.5 Å². The fourth-order valence-electron chi connectivity index (χ4n) is 2.88. The van der Waals surface area contributed by atoms with Gasteiger partial charge < -0.3 is 20.2 Å². The number of aromatic nitrogens is 1. The monoisotopic (exact) mass is 447 g/mol. The van der Waals surface area contributed by atoms with Gasteiger partial charge in [0.2, 0.25) is 11.8 Å². The Balaban J connectivity index is 2.05. The van der Waals surface area contributed by atoms with E-state index < -0.39 is 6.09 Å². The Morgan fingerprint density at radius 1 is 1.06 bits per heavy atom. The van der Waals surface area contributed by atoms with Gasteiger partial charge in [-0.3, -0.25) is 14.9 Å². The van der Waals surface area contributed by atoms with E-state index in [4.69, 9.17) is 5.11 Å². The predicted octanol–water partition coefficient (Wildman–Crippen LogP) is 2.89. The highest BCUT2D eigenvalue weighted by Gasteiger charge is 2.15. The van der Waals surface area contributed by atoms with Gasteiger partial charge in [0, 0.05) is 51.1 Å². The van der Waals surface area contributed by atoms with Gasteiger partial charge >= 0.3 is 6.09 Å². The van der Waals surface area contributed by atoms with E-state index in [0.717, 1.165) is 22.6 Å². The Bertz CT molecular complexity index is 911. The van der Waals surface area contributed by atoms with E-state index in [1.54, 1.807) is 31.1 Å². The molecule has 0 bridgehead atoms. The largest absolute Gasteiger partial charge is 0.465 e. The summed E-state index contributed by atoms with van der Waals surface area (Å²) >= 11 is 1.45. The molecule has 2 aromatic rings. The van der Waals surface area contributed by atoms with Crippen molar-refractivity contribution in [3.63, 3.8) is 0 Å². The van der Waals surface area contributed by atoms with Crippen LogP contribution in [0.3, 0.4) is 0 Å². The van der Waals surface area contributed by atoms with Crippen molar-refractivity contribution in [1.29, 1.82) is 0 Å². The van der Waals surface area contributed by atoms with Gasteiger partial charge in [-0.25, -0.2) is 9.78 Å². The third-order valence-corrected chi connectivity index (χ3v) is 5.53. The lowest BCUT2D eigenvalue weighted by Gasteiger charge is -2.17. The van der Waals surface area contributed by atoms with E-state index in [9.17, 15) is 14.4 Å². The maximum atomic E-state index is 11.8. The molecule has 0 aliphatic carbocycles. The van der Waals surface area contributed by atoms with Gasteiger partial charge in [-0.15, -0.1) is 11.3 Å². The molecule has 2 rings (SSSR count). The number of benzene rings is 1. The summed E-state index contributed by atoms with van der Waals surface area (Å²) in [4.78, 5) is 43.3. The topological polar surface area (TPSA) is 115 Å². The first-order chi connectivity index (χ1) is 14.6. The predicted molar refractivity (Wildman–Crippen MR) is 122 cm³/mol. The van der Waals surface area contributed by atoms with Crippen LogP contribution in [0.15, 0.2) is 24.3 Å². The molecule has 0 atom stereocenters. The van der Waals surface area contributed by atoms with Gasteiger partial charge in [0.15, 0.2) is 5.13 Å². The fourth-order valence-corrected chi connectivity index (χ4v) is 4.02. The SMILES string of the molecule is CC(=O)Nc1nc(CCc2ccc(NC(=O)O)cc2)c(CN(C)CCC(=O)N(C)C)s1. The molecule has 168 valence electrons. The van der Waals surface area contributed by atoms with Crippen LogP contribution in [0.25, 0.3) is 0 Å². The Labute approximate surface area is 186 Å². The normalized spacial score (nSPS) is 10.7. The highest BCUT2D eigenvalue weighted by molar-refractivity contribution is 7.15. The summed E-state index contributed by atoms with van der Waals surface area (Å²) in [5.41, 5.74) is 2.49. The number of anilines is 2. The second kappa shape index (κ2) is 11.4. The summed E-state index contributed by atoms with van der Waals surface area (Å²) in [5, 5.41) is 14.4. The molecule has 1 aromatic heterocycles. The lowest BCUT2D eigenvalue weighted by Crippen LogP contribution is -2.27. The van der Waals surface area contributed by atoms with Crippen LogP contribution in [-0.4, -0.2) is 65.5 Å². The number of hydrogen-bond acceptors (Lipinski definition) is 6. The third kappa shape index (κ3) is 8.35. The molecule has 0 spiro atoms. The van der Waals surface area contributed by atoms with Crippen LogP contribution in [0.2, 0.25) is 0 Å². The molecule has 1 aromatic carbocycles. The molecular weight excluding hydrogens is 418 g/mol. The molecule has 0 fully saturated rings. The van der Waals surface area contributed by atoms with Gasteiger partial charge in [-0.1, -0.05) is 12.1 Å². The number of carboxylic acid groups (broad SMARTS) is 1. The number of thiazole rings is 1. The van der Waals surface area contributed by atoms with Crippen molar-refractivity contribution in [2.75, 3.05) is 38.3 Å². The lowest BCUT2D eigenvalue weighted by molar-refractivity contribution is -0.129. The number of nitrogens with one attached hydrogen (secondary N) is 2. The van der Waals surface area contributed by atoms with Gasteiger partial charge in [-0.2, -0.15) is 0 Å². The number of aryl methyl sites for hydroxylation is 2. The summed E-state index contributed by atoms with van der Waals surface area (Å²) in [5.74, 6) is -0.0885. The van der Waals surface area contributed by atoms with E-state index in [1.165, 1.54) is 18.3 Å². The zero-order chi connectivity index (χ0) is 23.0. The number of rotatable bonds is 10. The van der Waals surface area contributed by atoms with Crippen molar-refractivity contribution in [3.8, 4) is 0 Å². The number of hydrogen-bond donors (Lipinski definition) is 3. The second-order valence-electron chi connectivity index (χ2n) is 7.47. The summed E-state index contributed by atoms with van der Waals surface area (Å²) in [6.45, 7) is 2.71. The van der Waals surface area contributed by atoms with Crippen LogP contribution in [0.4, 0.5) is 15.6 Å². The Hall–Kier alpha value is -2.98. The molecule has 0 aliphatic rings. The summed E-state index contributed by atoms with van der Waals surface area (Å²) < 4.78 is 0. The van der Waals surface area contributed by atoms with Crippen LogP contribution in [0.5, 0.6) is 0 Å². The number of carbonyl (C=O) groups is 3. The van der Waals surface area contributed by atoms with E-state index in [2.05, 4.69) is 20.5 Å². The number of nitrogens with zero attached hydrogens (tertiary/aromatic N) is 3. The van der Waals surface area contributed by atoms with E-state index in [0.29, 0.717) is 36.8 Å². The molecule has 0 radical (unpaired) electrons. The van der Waals surface area contributed by atoms with Crippen LogP contribution < -0.4 is 10.6 Å². The highest BCUT2D eigenvalue weighted by Crippen LogP contribution is 2.26. The van der Waals surface area contributed by atoms with E-state index in [1.807, 2.05) is 19.2 Å². The smallest absolute Gasteiger partial charge is 0.409 e. The van der Waals surface area contributed by atoms with Gasteiger partial charge in [0.1, 0.15) is 0 Å². The minimum atomic E-state index is -1.10. The first-order valence-corrected chi connectivity index (χ1v) is 10.7. The zero-order valence-electron chi connectivity index (χ0n) is 18.3. The molecule has 0 aliphatic heterocycles. The van der Waals surface area contributed by atoms with Crippen LogP contribution in [-0.2, 0) is 29.0 Å². The minimum Gasteiger partial charge on any atom is -0.465 e. The third-order valence-electron chi connectivity index (χ3n) is 4.54. The molecule has 10 heteroatoms. The molecular formula is C21H29N5O4S. The average Bonchev–Trinajstić information content (AvgIpc) is 3.05.